The van der Waals surface area contributed by atoms with Gasteiger partial charge < -0.3 is 9.97 Å². The zero-order valence-corrected chi connectivity index (χ0v) is 11.0. The van der Waals surface area contributed by atoms with Crippen LogP contribution >= 0.6 is 0 Å². The van der Waals surface area contributed by atoms with Crippen molar-refractivity contribution in [2.24, 2.45) is 0 Å². The Labute approximate surface area is 117 Å². The van der Waals surface area contributed by atoms with Crippen LogP contribution in [0, 0.1) is 0 Å². The topological polar surface area (TPSA) is 57.4 Å². The number of aromatic amines is 2. The van der Waals surface area contributed by atoms with E-state index in [2.05, 4.69) is 19.9 Å². The van der Waals surface area contributed by atoms with Crippen molar-refractivity contribution in [3.8, 4) is 0 Å². The van der Waals surface area contributed by atoms with E-state index in [-0.39, 0.29) is 0 Å². The standard InChI is InChI=1S/C7H6N2.C5H5N.C4H5N/c1-2-4-7-6(3-1)8-5-9-7;1-2-4-6-5-3-1;1-2-4-5-3-1/h1-5H,(H,8,9);1-5H;1-5H. The molecule has 20 heavy (non-hydrogen) atoms. The lowest BCUT2D eigenvalue weighted by atomic mass is 10.3. The molecular formula is C16H16N4. The van der Waals surface area contributed by atoms with Gasteiger partial charge in [0.2, 0.25) is 0 Å². The Kier molecular flexibility index (Phi) is 5.60. The second-order valence-electron chi connectivity index (χ2n) is 3.83. The first kappa shape index (κ1) is 13.5. The van der Waals surface area contributed by atoms with Gasteiger partial charge in [-0.3, -0.25) is 4.98 Å². The summed E-state index contributed by atoms with van der Waals surface area (Å²) in [6, 6.07) is 17.5. The zero-order chi connectivity index (χ0) is 13.9. The smallest absolute Gasteiger partial charge is 0.0931 e. The minimum Gasteiger partial charge on any atom is -0.368 e. The molecule has 4 heteroatoms. The van der Waals surface area contributed by atoms with E-state index in [0.717, 1.165) is 11.0 Å². The third-order valence-electron chi connectivity index (χ3n) is 2.39. The first-order chi connectivity index (χ1) is 9.97. The summed E-state index contributed by atoms with van der Waals surface area (Å²) in [5, 5.41) is 0. The number of rotatable bonds is 0. The highest BCUT2D eigenvalue weighted by atomic mass is 14.9. The third-order valence-corrected chi connectivity index (χ3v) is 2.39. The van der Waals surface area contributed by atoms with Gasteiger partial charge in [0.15, 0.2) is 0 Å². The highest BCUT2D eigenvalue weighted by Crippen LogP contribution is 2.05. The van der Waals surface area contributed by atoms with Crippen LogP contribution in [0.2, 0.25) is 0 Å². The van der Waals surface area contributed by atoms with Gasteiger partial charge in [0.05, 0.1) is 17.4 Å². The molecular weight excluding hydrogens is 248 g/mol. The Morgan fingerprint density at radius 2 is 1.50 bits per heavy atom. The molecule has 0 aliphatic rings. The van der Waals surface area contributed by atoms with Crippen molar-refractivity contribution in [3.63, 3.8) is 0 Å². The molecule has 0 bridgehead atoms. The van der Waals surface area contributed by atoms with Crippen molar-refractivity contribution in [1.29, 1.82) is 0 Å². The molecule has 0 aliphatic heterocycles. The van der Waals surface area contributed by atoms with Crippen molar-refractivity contribution >= 4 is 11.0 Å². The molecule has 0 fully saturated rings. The van der Waals surface area contributed by atoms with Gasteiger partial charge in [-0.1, -0.05) is 18.2 Å². The molecule has 3 aromatic heterocycles. The van der Waals surface area contributed by atoms with E-state index in [1.165, 1.54) is 0 Å². The zero-order valence-electron chi connectivity index (χ0n) is 11.0. The summed E-state index contributed by atoms with van der Waals surface area (Å²) in [6.45, 7) is 0. The van der Waals surface area contributed by atoms with Crippen molar-refractivity contribution in [3.05, 3.63) is 85.7 Å². The average Bonchev–Trinajstić information content (AvgIpc) is 3.24. The molecule has 4 nitrogen and oxygen atoms in total. The molecule has 1 aromatic carbocycles. The summed E-state index contributed by atoms with van der Waals surface area (Å²) in [5.41, 5.74) is 2.12. The number of benzene rings is 1. The van der Waals surface area contributed by atoms with Crippen LogP contribution < -0.4 is 0 Å². The molecule has 0 aliphatic carbocycles. The second-order valence-corrected chi connectivity index (χ2v) is 3.83. The fourth-order valence-corrected chi connectivity index (χ4v) is 1.47. The van der Waals surface area contributed by atoms with Crippen molar-refractivity contribution < 1.29 is 0 Å². The van der Waals surface area contributed by atoms with Crippen LogP contribution in [-0.4, -0.2) is 19.9 Å². The second kappa shape index (κ2) is 8.26. The number of hydrogen-bond acceptors (Lipinski definition) is 2. The first-order valence-electron chi connectivity index (χ1n) is 6.27. The van der Waals surface area contributed by atoms with E-state index in [0.29, 0.717) is 0 Å². The Hall–Kier alpha value is -2.88. The summed E-state index contributed by atoms with van der Waals surface area (Å²) in [6.07, 6.45) is 8.95. The number of nitrogens with one attached hydrogen (secondary N) is 2. The van der Waals surface area contributed by atoms with E-state index in [9.17, 15) is 0 Å². The molecule has 0 saturated carbocycles. The molecule has 0 atom stereocenters. The summed E-state index contributed by atoms with van der Waals surface area (Å²) >= 11 is 0. The highest BCUT2D eigenvalue weighted by molar-refractivity contribution is 5.73. The van der Waals surface area contributed by atoms with E-state index < -0.39 is 0 Å². The molecule has 0 unspecified atom stereocenters. The van der Waals surface area contributed by atoms with E-state index in [1.54, 1.807) is 18.7 Å². The van der Waals surface area contributed by atoms with Crippen LogP contribution in [0.3, 0.4) is 0 Å². The minimum atomic E-state index is 1.03. The maximum atomic E-state index is 4.06. The van der Waals surface area contributed by atoms with Gasteiger partial charge in [-0.15, -0.1) is 0 Å². The van der Waals surface area contributed by atoms with Gasteiger partial charge >= 0.3 is 0 Å². The van der Waals surface area contributed by atoms with Crippen LogP contribution in [-0.2, 0) is 0 Å². The van der Waals surface area contributed by atoms with Crippen molar-refractivity contribution in [1.82, 2.24) is 19.9 Å². The van der Waals surface area contributed by atoms with Gasteiger partial charge in [0.25, 0.3) is 0 Å². The molecule has 100 valence electrons. The monoisotopic (exact) mass is 264 g/mol. The Bertz CT molecular complexity index is 598. The van der Waals surface area contributed by atoms with Crippen molar-refractivity contribution in [2.45, 2.75) is 0 Å². The van der Waals surface area contributed by atoms with Crippen molar-refractivity contribution in [2.75, 3.05) is 0 Å². The maximum absolute atomic E-state index is 4.06. The molecule has 4 rings (SSSR count). The molecule has 0 amide bonds. The normalized spacial score (nSPS) is 9.00. The lowest BCUT2D eigenvalue weighted by Gasteiger charge is -1.81. The number of H-pyrrole nitrogens is 2. The van der Waals surface area contributed by atoms with Crippen LogP contribution in [0.15, 0.2) is 85.7 Å². The average molecular weight is 264 g/mol. The molecule has 2 N–H and O–H groups in total. The number of para-hydroxylation sites is 2. The summed E-state index contributed by atoms with van der Waals surface area (Å²) in [7, 11) is 0. The summed E-state index contributed by atoms with van der Waals surface area (Å²) < 4.78 is 0. The van der Waals surface area contributed by atoms with Gasteiger partial charge in [-0.25, -0.2) is 4.98 Å². The van der Waals surface area contributed by atoms with Gasteiger partial charge in [0.1, 0.15) is 0 Å². The number of pyridine rings is 1. The Morgan fingerprint density at radius 3 is 2.00 bits per heavy atom. The van der Waals surface area contributed by atoms with Gasteiger partial charge in [0, 0.05) is 24.8 Å². The molecule has 3 heterocycles. The molecule has 0 radical (unpaired) electrons. The van der Waals surface area contributed by atoms with Crippen LogP contribution in [0.4, 0.5) is 0 Å². The largest absolute Gasteiger partial charge is 0.368 e. The fraction of sp³-hybridized carbons (Fsp3) is 0. The van der Waals surface area contributed by atoms with E-state index in [4.69, 9.17) is 0 Å². The number of aromatic nitrogens is 4. The van der Waals surface area contributed by atoms with E-state index in [1.807, 2.05) is 67.0 Å². The quantitative estimate of drug-likeness (QED) is 0.509. The summed E-state index contributed by atoms with van der Waals surface area (Å²) in [4.78, 5) is 13.7. The summed E-state index contributed by atoms with van der Waals surface area (Å²) in [5.74, 6) is 0. The van der Waals surface area contributed by atoms with Crippen LogP contribution in [0.25, 0.3) is 11.0 Å². The van der Waals surface area contributed by atoms with Gasteiger partial charge in [-0.05, 0) is 36.4 Å². The Balaban J connectivity index is 0.000000117. The van der Waals surface area contributed by atoms with Gasteiger partial charge in [-0.2, -0.15) is 0 Å². The lowest BCUT2D eigenvalue weighted by molar-refractivity contribution is 1.33. The SMILES string of the molecule is c1cc[nH]c1.c1ccc2[nH]cnc2c1.c1ccncc1. The van der Waals surface area contributed by atoms with E-state index >= 15 is 0 Å². The number of nitrogens with zero attached hydrogens (tertiary/aromatic N) is 2. The molecule has 0 spiro atoms. The molecule has 0 saturated heterocycles. The Morgan fingerprint density at radius 1 is 0.750 bits per heavy atom. The highest BCUT2D eigenvalue weighted by Gasteiger charge is 1.88. The number of hydrogen-bond donors (Lipinski definition) is 2. The minimum absolute atomic E-state index is 1.03. The third kappa shape index (κ3) is 4.78. The maximum Gasteiger partial charge on any atom is 0.0931 e. The molecule has 4 aromatic rings. The first-order valence-corrected chi connectivity index (χ1v) is 6.27. The van der Waals surface area contributed by atoms with Crippen LogP contribution in [0.1, 0.15) is 0 Å². The predicted molar refractivity (Wildman–Crippen MR) is 81.1 cm³/mol. The van der Waals surface area contributed by atoms with Crippen LogP contribution in [0.5, 0.6) is 0 Å². The number of fused-ring (bicyclic) bond motifs is 1. The lowest BCUT2D eigenvalue weighted by Crippen LogP contribution is -1.63. The fourth-order valence-electron chi connectivity index (χ4n) is 1.47. The number of imidazole rings is 1. The predicted octanol–water partition coefficient (Wildman–Crippen LogP) is 3.66.